The van der Waals surface area contributed by atoms with E-state index < -0.39 is 0 Å². The first-order valence-corrected chi connectivity index (χ1v) is 8.33. The standard InChI is InChI=1S/C13H21N7S/c1-4-15-11-17-12(16-7-10(2)8-21-3)19-13(18-11)20-6-5-14-9-20/h5-6,9-10H,4,7-8H2,1-3H3,(H2,15,16,17,18,19). The fraction of sp³-hybridized carbons (Fsp3) is 0.538. The lowest BCUT2D eigenvalue weighted by Crippen LogP contribution is -2.17. The van der Waals surface area contributed by atoms with Crippen molar-refractivity contribution in [1.29, 1.82) is 0 Å². The number of imidazole rings is 1. The molecule has 0 radical (unpaired) electrons. The van der Waals surface area contributed by atoms with Gasteiger partial charge >= 0.3 is 0 Å². The summed E-state index contributed by atoms with van der Waals surface area (Å²) < 4.78 is 1.76. The van der Waals surface area contributed by atoms with Crippen LogP contribution >= 0.6 is 11.8 Å². The number of hydrogen-bond acceptors (Lipinski definition) is 7. The van der Waals surface area contributed by atoms with Crippen LogP contribution in [0.2, 0.25) is 0 Å². The summed E-state index contributed by atoms with van der Waals surface area (Å²) in [5, 5.41) is 6.40. The molecule has 1 atom stereocenters. The number of anilines is 2. The summed E-state index contributed by atoms with van der Waals surface area (Å²) in [7, 11) is 0. The molecule has 0 aliphatic rings. The molecule has 2 aromatic rings. The lowest BCUT2D eigenvalue weighted by molar-refractivity contribution is 0.695. The number of aromatic nitrogens is 5. The topological polar surface area (TPSA) is 80.5 Å². The van der Waals surface area contributed by atoms with Crippen LogP contribution in [-0.2, 0) is 0 Å². The van der Waals surface area contributed by atoms with Crippen molar-refractivity contribution in [2.75, 3.05) is 35.7 Å². The zero-order valence-corrected chi connectivity index (χ0v) is 13.4. The Morgan fingerprint density at radius 3 is 2.62 bits per heavy atom. The van der Waals surface area contributed by atoms with E-state index >= 15 is 0 Å². The Kier molecular flexibility index (Phi) is 5.79. The normalized spacial score (nSPS) is 12.1. The first kappa shape index (κ1) is 15.6. The van der Waals surface area contributed by atoms with Crippen molar-refractivity contribution in [1.82, 2.24) is 24.5 Å². The Bertz CT molecular complexity index is 543. The third-order valence-electron chi connectivity index (χ3n) is 2.75. The van der Waals surface area contributed by atoms with E-state index in [1.54, 1.807) is 17.1 Å². The molecule has 0 saturated carbocycles. The van der Waals surface area contributed by atoms with Crippen molar-refractivity contribution in [3.05, 3.63) is 18.7 Å². The Hall–Kier alpha value is -1.83. The average molecular weight is 307 g/mol. The summed E-state index contributed by atoms with van der Waals surface area (Å²) in [6.45, 7) is 5.80. The van der Waals surface area contributed by atoms with E-state index in [2.05, 4.69) is 43.7 Å². The van der Waals surface area contributed by atoms with E-state index in [1.807, 2.05) is 24.9 Å². The highest BCUT2D eigenvalue weighted by molar-refractivity contribution is 7.98. The van der Waals surface area contributed by atoms with Crippen molar-refractivity contribution in [3.63, 3.8) is 0 Å². The van der Waals surface area contributed by atoms with E-state index in [0.717, 1.165) is 18.8 Å². The van der Waals surface area contributed by atoms with Crippen molar-refractivity contribution in [2.45, 2.75) is 13.8 Å². The van der Waals surface area contributed by atoms with Gasteiger partial charge in [-0.1, -0.05) is 6.92 Å². The minimum absolute atomic E-state index is 0.552. The van der Waals surface area contributed by atoms with Gasteiger partial charge in [0, 0.05) is 25.5 Å². The fourth-order valence-electron chi connectivity index (χ4n) is 1.78. The summed E-state index contributed by atoms with van der Waals surface area (Å²) in [6.07, 6.45) is 7.29. The van der Waals surface area contributed by atoms with Crippen LogP contribution in [0, 0.1) is 5.92 Å². The molecule has 0 amide bonds. The Labute approximate surface area is 129 Å². The molecular weight excluding hydrogens is 286 g/mol. The van der Waals surface area contributed by atoms with Crippen molar-refractivity contribution < 1.29 is 0 Å². The second kappa shape index (κ2) is 7.82. The minimum Gasteiger partial charge on any atom is -0.354 e. The molecule has 2 heterocycles. The zero-order chi connectivity index (χ0) is 15.1. The summed E-state index contributed by atoms with van der Waals surface area (Å²) in [4.78, 5) is 17.2. The average Bonchev–Trinajstić information content (AvgIpc) is 3.00. The van der Waals surface area contributed by atoms with Crippen molar-refractivity contribution in [2.24, 2.45) is 5.92 Å². The number of hydrogen-bond donors (Lipinski definition) is 2. The molecule has 0 fully saturated rings. The van der Waals surface area contributed by atoms with E-state index in [9.17, 15) is 0 Å². The lowest BCUT2D eigenvalue weighted by Gasteiger charge is -2.12. The molecule has 114 valence electrons. The molecule has 0 spiro atoms. The lowest BCUT2D eigenvalue weighted by atomic mass is 10.2. The second-order valence-electron chi connectivity index (χ2n) is 4.72. The van der Waals surface area contributed by atoms with Gasteiger partial charge in [-0.15, -0.1) is 0 Å². The maximum absolute atomic E-state index is 4.43. The van der Waals surface area contributed by atoms with Crippen molar-refractivity contribution >= 4 is 23.7 Å². The Morgan fingerprint density at radius 2 is 2.00 bits per heavy atom. The predicted molar refractivity (Wildman–Crippen MR) is 87.1 cm³/mol. The number of rotatable bonds is 8. The van der Waals surface area contributed by atoms with Crippen LogP contribution in [0.4, 0.5) is 11.9 Å². The molecule has 2 rings (SSSR count). The first-order valence-electron chi connectivity index (χ1n) is 6.94. The van der Waals surface area contributed by atoms with Crippen LogP contribution in [0.3, 0.4) is 0 Å². The third-order valence-corrected chi connectivity index (χ3v) is 3.66. The second-order valence-corrected chi connectivity index (χ2v) is 5.64. The highest BCUT2D eigenvalue weighted by Gasteiger charge is 2.08. The van der Waals surface area contributed by atoms with Crippen LogP contribution in [0.15, 0.2) is 18.7 Å². The number of thioether (sulfide) groups is 1. The van der Waals surface area contributed by atoms with Crippen LogP contribution in [0.5, 0.6) is 0 Å². The van der Waals surface area contributed by atoms with Gasteiger partial charge in [-0.25, -0.2) is 4.98 Å². The van der Waals surface area contributed by atoms with E-state index in [-0.39, 0.29) is 0 Å². The van der Waals surface area contributed by atoms with Gasteiger partial charge in [0.15, 0.2) is 0 Å². The quantitative estimate of drug-likeness (QED) is 0.771. The largest absolute Gasteiger partial charge is 0.354 e. The third kappa shape index (κ3) is 4.59. The highest BCUT2D eigenvalue weighted by atomic mass is 32.2. The van der Waals surface area contributed by atoms with Crippen LogP contribution in [-0.4, -0.2) is 49.6 Å². The molecular formula is C13H21N7S. The predicted octanol–water partition coefficient (Wildman–Crippen LogP) is 1.90. The SMILES string of the molecule is CCNc1nc(NCC(C)CSC)nc(-n2ccnc2)n1. The number of nitrogens with one attached hydrogen (secondary N) is 2. The van der Waals surface area contributed by atoms with Crippen LogP contribution < -0.4 is 10.6 Å². The number of nitrogens with zero attached hydrogens (tertiary/aromatic N) is 5. The Morgan fingerprint density at radius 1 is 1.24 bits per heavy atom. The molecule has 7 nitrogen and oxygen atoms in total. The molecule has 0 aliphatic heterocycles. The zero-order valence-electron chi connectivity index (χ0n) is 12.6. The van der Waals surface area contributed by atoms with Gasteiger partial charge in [0.2, 0.25) is 17.8 Å². The van der Waals surface area contributed by atoms with Gasteiger partial charge in [-0.05, 0) is 24.9 Å². The van der Waals surface area contributed by atoms with E-state index in [4.69, 9.17) is 0 Å². The molecule has 2 N–H and O–H groups in total. The van der Waals surface area contributed by atoms with Crippen LogP contribution in [0.1, 0.15) is 13.8 Å². The van der Waals surface area contributed by atoms with E-state index in [1.165, 1.54) is 0 Å². The van der Waals surface area contributed by atoms with Crippen molar-refractivity contribution in [3.8, 4) is 5.95 Å². The summed E-state index contributed by atoms with van der Waals surface area (Å²) >= 11 is 1.84. The smallest absolute Gasteiger partial charge is 0.241 e. The maximum atomic E-state index is 4.43. The molecule has 0 saturated heterocycles. The van der Waals surface area contributed by atoms with E-state index in [0.29, 0.717) is 23.8 Å². The Balaban J connectivity index is 2.16. The molecule has 1 unspecified atom stereocenters. The molecule has 2 aromatic heterocycles. The van der Waals surface area contributed by atoms with Gasteiger partial charge in [0.05, 0.1) is 0 Å². The van der Waals surface area contributed by atoms with Gasteiger partial charge in [0.25, 0.3) is 0 Å². The summed E-state index contributed by atoms with van der Waals surface area (Å²) in [5.41, 5.74) is 0. The fourth-order valence-corrected chi connectivity index (χ4v) is 2.47. The van der Waals surface area contributed by atoms with Crippen LogP contribution in [0.25, 0.3) is 5.95 Å². The van der Waals surface area contributed by atoms with Gasteiger partial charge in [0.1, 0.15) is 6.33 Å². The summed E-state index contributed by atoms with van der Waals surface area (Å²) in [5.74, 6) is 3.36. The first-order chi connectivity index (χ1) is 10.2. The highest BCUT2D eigenvalue weighted by Crippen LogP contribution is 2.11. The van der Waals surface area contributed by atoms with Gasteiger partial charge in [-0.3, -0.25) is 4.57 Å². The molecule has 0 aliphatic carbocycles. The molecule has 21 heavy (non-hydrogen) atoms. The molecule has 0 aromatic carbocycles. The molecule has 0 bridgehead atoms. The summed E-state index contributed by atoms with van der Waals surface area (Å²) in [6, 6.07) is 0. The minimum atomic E-state index is 0.552. The maximum Gasteiger partial charge on any atom is 0.241 e. The van der Waals surface area contributed by atoms with Gasteiger partial charge < -0.3 is 10.6 Å². The monoisotopic (exact) mass is 307 g/mol. The molecule has 8 heteroatoms. The van der Waals surface area contributed by atoms with Gasteiger partial charge in [-0.2, -0.15) is 26.7 Å².